The molecule has 1 atom stereocenters. The van der Waals surface area contributed by atoms with Gasteiger partial charge in [0.1, 0.15) is 5.54 Å². The van der Waals surface area contributed by atoms with E-state index in [0.717, 1.165) is 5.69 Å². The van der Waals surface area contributed by atoms with Gasteiger partial charge >= 0.3 is 5.97 Å². The Morgan fingerprint density at radius 3 is 2.23 bits per heavy atom. The number of hydrogen-bond acceptors (Lipinski definition) is 3. The van der Waals surface area contributed by atoms with Crippen molar-refractivity contribution in [1.29, 1.82) is 0 Å². The molecule has 0 aromatic heterocycles. The topological polar surface area (TPSA) is 86.7 Å². The molecule has 0 aliphatic heterocycles. The summed E-state index contributed by atoms with van der Waals surface area (Å²) in [6.45, 7) is 3.13. The number of nitrogens with one attached hydrogen (secondary N) is 1. The van der Waals surface area contributed by atoms with Crippen LogP contribution >= 0.6 is 0 Å². The van der Waals surface area contributed by atoms with Crippen molar-refractivity contribution in [1.82, 2.24) is 5.32 Å². The highest BCUT2D eigenvalue weighted by Gasteiger charge is 2.33. The van der Waals surface area contributed by atoms with Gasteiger partial charge in [0.05, 0.1) is 0 Å². The summed E-state index contributed by atoms with van der Waals surface area (Å²) in [5.74, 6) is -1.90. The average molecular weight is 354 g/mol. The van der Waals surface area contributed by atoms with Crippen LogP contribution in [0.5, 0.6) is 0 Å². The van der Waals surface area contributed by atoms with Crippen LogP contribution < -0.4 is 10.2 Å². The first-order valence-corrected chi connectivity index (χ1v) is 8.27. The lowest BCUT2D eigenvalue weighted by atomic mass is 9.98. The number of carboxylic acids is 1. The molecule has 0 radical (unpaired) electrons. The first-order chi connectivity index (χ1) is 12.3. The zero-order chi connectivity index (χ0) is 19.3. The van der Waals surface area contributed by atoms with Crippen LogP contribution in [0.15, 0.2) is 54.6 Å². The quantitative estimate of drug-likeness (QED) is 0.835. The van der Waals surface area contributed by atoms with E-state index in [0.29, 0.717) is 5.56 Å². The number of aliphatic carboxylic acids is 1. The third-order valence-corrected chi connectivity index (χ3v) is 4.39. The number of carbonyl (C=O) groups is 3. The van der Waals surface area contributed by atoms with Crippen molar-refractivity contribution in [3.8, 4) is 0 Å². The lowest BCUT2D eigenvalue weighted by Gasteiger charge is -2.24. The highest BCUT2D eigenvalue weighted by atomic mass is 16.4. The maximum atomic E-state index is 12.7. The second-order valence-electron chi connectivity index (χ2n) is 6.23. The van der Waals surface area contributed by atoms with E-state index in [1.54, 1.807) is 32.2 Å². The third-order valence-electron chi connectivity index (χ3n) is 4.39. The fourth-order valence-corrected chi connectivity index (χ4v) is 2.37. The van der Waals surface area contributed by atoms with Crippen LogP contribution in [-0.2, 0) is 4.79 Å². The Balaban J connectivity index is 2.23. The molecule has 2 aromatic rings. The molecule has 0 saturated heterocycles. The number of para-hydroxylation sites is 1. The maximum absolute atomic E-state index is 12.7. The number of benzene rings is 2. The van der Waals surface area contributed by atoms with E-state index in [9.17, 15) is 19.5 Å². The second-order valence-corrected chi connectivity index (χ2v) is 6.23. The smallest absolute Gasteiger partial charge is 0.329 e. The Labute approximate surface area is 152 Å². The number of hydrogen-bond donors (Lipinski definition) is 2. The second kappa shape index (κ2) is 7.82. The van der Waals surface area contributed by atoms with E-state index in [1.807, 2.05) is 30.3 Å². The van der Waals surface area contributed by atoms with Gasteiger partial charge in [-0.1, -0.05) is 31.2 Å². The van der Waals surface area contributed by atoms with Gasteiger partial charge in [-0.25, -0.2) is 4.79 Å². The molecule has 136 valence electrons. The molecule has 2 rings (SSSR count). The van der Waals surface area contributed by atoms with Gasteiger partial charge in [0.25, 0.3) is 11.8 Å². The number of carbonyl (C=O) groups excluding carboxylic acids is 2. The molecule has 26 heavy (non-hydrogen) atoms. The van der Waals surface area contributed by atoms with Gasteiger partial charge in [-0.05, 0) is 43.7 Å². The van der Waals surface area contributed by atoms with Gasteiger partial charge in [0.2, 0.25) is 0 Å². The van der Waals surface area contributed by atoms with E-state index < -0.39 is 17.4 Å². The van der Waals surface area contributed by atoms with Gasteiger partial charge in [-0.15, -0.1) is 0 Å². The highest BCUT2D eigenvalue weighted by Crippen LogP contribution is 2.17. The Hall–Kier alpha value is -3.15. The van der Waals surface area contributed by atoms with Crippen LogP contribution in [0, 0.1) is 0 Å². The molecule has 0 heterocycles. The van der Waals surface area contributed by atoms with Crippen molar-refractivity contribution in [2.24, 2.45) is 0 Å². The average Bonchev–Trinajstić information content (AvgIpc) is 2.67. The summed E-state index contributed by atoms with van der Waals surface area (Å²) in [5, 5.41) is 11.8. The van der Waals surface area contributed by atoms with Gasteiger partial charge in [0, 0.05) is 23.9 Å². The predicted molar refractivity (Wildman–Crippen MR) is 99.4 cm³/mol. The Morgan fingerprint density at radius 1 is 1.04 bits per heavy atom. The number of amides is 2. The molecule has 6 nitrogen and oxygen atoms in total. The minimum atomic E-state index is -1.36. The summed E-state index contributed by atoms with van der Waals surface area (Å²) in [7, 11) is 1.66. The molecule has 0 unspecified atom stereocenters. The normalized spacial score (nSPS) is 12.7. The van der Waals surface area contributed by atoms with Gasteiger partial charge < -0.3 is 15.3 Å². The van der Waals surface area contributed by atoms with E-state index in [4.69, 9.17) is 0 Å². The number of nitrogens with zero attached hydrogens (tertiary/aromatic N) is 1. The Morgan fingerprint density at radius 2 is 1.65 bits per heavy atom. The van der Waals surface area contributed by atoms with Crippen molar-refractivity contribution >= 4 is 23.5 Å². The molecule has 0 aliphatic carbocycles. The van der Waals surface area contributed by atoms with Crippen molar-refractivity contribution in [3.05, 3.63) is 65.7 Å². The summed E-state index contributed by atoms with van der Waals surface area (Å²) in [6, 6.07) is 15.4. The summed E-state index contributed by atoms with van der Waals surface area (Å²) in [5.41, 5.74) is -0.0506. The number of anilines is 1. The summed E-state index contributed by atoms with van der Waals surface area (Å²) < 4.78 is 0. The molecule has 2 amide bonds. The predicted octanol–water partition coefficient (Wildman–Crippen LogP) is 2.95. The molecule has 2 aromatic carbocycles. The SMILES string of the molecule is CC[C@](C)(NC(=O)c1cccc(C(=O)N(C)c2ccccc2)c1)C(=O)O. The van der Waals surface area contributed by atoms with Crippen LogP contribution in [-0.4, -0.2) is 35.5 Å². The van der Waals surface area contributed by atoms with Gasteiger partial charge in [0.15, 0.2) is 0 Å². The summed E-state index contributed by atoms with van der Waals surface area (Å²) in [4.78, 5) is 38.0. The molecule has 0 aliphatic rings. The largest absolute Gasteiger partial charge is 0.480 e. The lowest BCUT2D eigenvalue weighted by Crippen LogP contribution is -2.51. The van der Waals surface area contributed by atoms with Crippen LogP contribution in [0.3, 0.4) is 0 Å². The Bertz CT molecular complexity index is 820. The summed E-state index contributed by atoms with van der Waals surface area (Å²) >= 11 is 0. The fraction of sp³-hybridized carbons (Fsp3) is 0.250. The third kappa shape index (κ3) is 4.08. The molecular weight excluding hydrogens is 332 g/mol. The standard InChI is InChI=1S/C20H22N2O4/c1-4-20(2,19(25)26)21-17(23)14-9-8-10-15(13-14)18(24)22(3)16-11-6-5-7-12-16/h5-13H,4H2,1-3H3,(H,21,23)(H,25,26)/t20-/m0/s1. The van der Waals surface area contributed by atoms with E-state index in [1.165, 1.54) is 17.9 Å². The first-order valence-electron chi connectivity index (χ1n) is 8.27. The fourth-order valence-electron chi connectivity index (χ4n) is 2.37. The molecule has 0 spiro atoms. The van der Waals surface area contributed by atoms with Gasteiger partial charge in [-0.2, -0.15) is 0 Å². The molecule has 0 fully saturated rings. The van der Waals surface area contributed by atoms with Crippen molar-refractivity contribution in [2.75, 3.05) is 11.9 Å². The van der Waals surface area contributed by atoms with E-state index in [2.05, 4.69) is 5.32 Å². The van der Waals surface area contributed by atoms with Crippen molar-refractivity contribution in [3.63, 3.8) is 0 Å². The highest BCUT2D eigenvalue weighted by molar-refractivity contribution is 6.07. The maximum Gasteiger partial charge on any atom is 0.329 e. The number of carboxylic acid groups (broad SMARTS) is 1. The van der Waals surface area contributed by atoms with Crippen LogP contribution in [0.2, 0.25) is 0 Å². The van der Waals surface area contributed by atoms with E-state index >= 15 is 0 Å². The van der Waals surface area contributed by atoms with Crippen molar-refractivity contribution in [2.45, 2.75) is 25.8 Å². The first kappa shape index (κ1) is 19.2. The summed E-state index contributed by atoms with van der Waals surface area (Å²) in [6.07, 6.45) is 0.240. The van der Waals surface area contributed by atoms with Crippen LogP contribution in [0.4, 0.5) is 5.69 Å². The molecule has 0 saturated carbocycles. The van der Waals surface area contributed by atoms with Crippen LogP contribution in [0.25, 0.3) is 0 Å². The van der Waals surface area contributed by atoms with Gasteiger partial charge in [-0.3, -0.25) is 9.59 Å². The molecule has 2 N–H and O–H groups in total. The molecular formula is C20H22N2O4. The molecule has 0 bridgehead atoms. The zero-order valence-corrected chi connectivity index (χ0v) is 15.0. The zero-order valence-electron chi connectivity index (χ0n) is 15.0. The van der Waals surface area contributed by atoms with Crippen molar-refractivity contribution < 1.29 is 19.5 Å². The van der Waals surface area contributed by atoms with Crippen LogP contribution in [0.1, 0.15) is 41.0 Å². The van der Waals surface area contributed by atoms with E-state index in [-0.39, 0.29) is 17.9 Å². The molecule has 6 heteroatoms. The minimum Gasteiger partial charge on any atom is -0.480 e. The lowest BCUT2D eigenvalue weighted by molar-refractivity contribution is -0.143. The minimum absolute atomic E-state index is 0.234. The number of rotatable bonds is 6. The monoisotopic (exact) mass is 354 g/mol. The Kier molecular flexibility index (Phi) is 5.77.